The van der Waals surface area contributed by atoms with E-state index in [2.05, 4.69) is 5.32 Å². The second kappa shape index (κ2) is 7.33. The lowest BCUT2D eigenvalue weighted by Crippen LogP contribution is -2.46. The number of nitro benzene ring substituents is 1. The SMILES string of the molecule is CCCN(C1CCNCC1)S(=O)(=O)c1c(F)cccc1[N+](=O)[O-]. The van der Waals surface area contributed by atoms with Crippen LogP contribution >= 0.6 is 0 Å². The predicted octanol–water partition coefficient (Wildman–Crippen LogP) is 1.89. The van der Waals surface area contributed by atoms with Crippen LogP contribution in [0, 0.1) is 15.9 Å². The van der Waals surface area contributed by atoms with E-state index in [1.54, 1.807) is 0 Å². The minimum Gasteiger partial charge on any atom is -0.317 e. The predicted molar refractivity (Wildman–Crippen MR) is 83.1 cm³/mol. The summed E-state index contributed by atoms with van der Waals surface area (Å²) in [5.41, 5.74) is -0.722. The Morgan fingerprint density at radius 1 is 1.39 bits per heavy atom. The van der Waals surface area contributed by atoms with Crippen molar-refractivity contribution in [3.05, 3.63) is 34.1 Å². The molecular formula is C14H20FN3O4S. The molecule has 128 valence electrons. The molecule has 9 heteroatoms. The minimum atomic E-state index is -4.28. The highest BCUT2D eigenvalue weighted by atomic mass is 32.2. The maximum atomic E-state index is 14.2. The van der Waals surface area contributed by atoms with Crippen molar-refractivity contribution in [3.8, 4) is 0 Å². The van der Waals surface area contributed by atoms with E-state index in [1.807, 2.05) is 6.92 Å². The molecule has 0 unspecified atom stereocenters. The van der Waals surface area contributed by atoms with Gasteiger partial charge in [-0.25, -0.2) is 12.8 Å². The largest absolute Gasteiger partial charge is 0.317 e. The smallest absolute Gasteiger partial charge is 0.292 e. The molecular weight excluding hydrogens is 325 g/mol. The first kappa shape index (κ1) is 17.8. The molecule has 0 saturated carbocycles. The van der Waals surface area contributed by atoms with E-state index >= 15 is 0 Å². The molecule has 23 heavy (non-hydrogen) atoms. The standard InChI is InChI=1S/C14H20FN3O4S/c1-2-10-17(11-6-8-16-9-7-11)23(21,22)14-12(15)4-3-5-13(14)18(19)20/h3-5,11,16H,2,6-10H2,1H3. The second-order valence-electron chi connectivity index (χ2n) is 5.44. The molecule has 1 aliphatic rings. The number of halogens is 1. The van der Waals surface area contributed by atoms with Gasteiger partial charge in [0, 0.05) is 18.7 Å². The Balaban J connectivity index is 2.51. The van der Waals surface area contributed by atoms with Crippen molar-refractivity contribution < 1.29 is 17.7 Å². The van der Waals surface area contributed by atoms with Crippen molar-refractivity contribution in [1.82, 2.24) is 9.62 Å². The maximum Gasteiger partial charge on any atom is 0.292 e. The summed E-state index contributed by atoms with van der Waals surface area (Å²) in [5.74, 6) is -1.09. The van der Waals surface area contributed by atoms with Crippen LogP contribution in [-0.4, -0.2) is 43.3 Å². The van der Waals surface area contributed by atoms with E-state index in [1.165, 1.54) is 4.31 Å². The summed E-state index contributed by atoms with van der Waals surface area (Å²) < 4.78 is 41.2. The van der Waals surface area contributed by atoms with Crippen LogP contribution in [0.15, 0.2) is 23.1 Å². The zero-order chi connectivity index (χ0) is 17.0. The molecule has 0 spiro atoms. The van der Waals surface area contributed by atoms with E-state index in [9.17, 15) is 22.9 Å². The molecule has 0 radical (unpaired) electrons. The summed E-state index contributed by atoms with van der Waals surface area (Å²) in [7, 11) is -4.28. The van der Waals surface area contributed by atoms with Crippen LogP contribution in [0.3, 0.4) is 0 Å². The molecule has 0 aliphatic carbocycles. The Bertz CT molecular complexity index is 675. The zero-order valence-electron chi connectivity index (χ0n) is 12.9. The molecule has 1 N–H and O–H groups in total. The molecule has 0 atom stereocenters. The third-order valence-corrected chi connectivity index (χ3v) is 5.89. The highest BCUT2D eigenvalue weighted by molar-refractivity contribution is 7.89. The summed E-state index contributed by atoms with van der Waals surface area (Å²) in [5, 5.41) is 14.3. The molecule has 1 aromatic rings. The molecule has 0 bridgehead atoms. The fourth-order valence-electron chi connectivity index (χ4n) is 2.83. The molecule has 0 amide bonds. The molecule has 1 aliphatic heterocycles. The van der Waals surface area contributed by atoms with E-state index in [0.717, 1.165) is 18.2 Å². The van der Waals surface area contributed by atoms with Gasteiger partial charge in [0.2, 0.25) is 0 Å². The van der Waals surface area contributed by atoms with Crippen LogP contribution in [0.5, 0.6) is 0 Å². The number of hydrogen-bond donors (Lipinski definition) is 1. The highest BCUT2D eigenvalue weighted by Crippen LogP contribution is 2.31. The average Bonchev–Trinajstić information content (AvgIpc) is 2.52. The van der Waals surface area contributed by atoms with Gasteiger partial charge in [0.25, 0.3) is 15.7 Å². The molecule has 0 aromatic heterocycles. The van der Waals surface area contributed by atoms with Crippen LogP contribution in [0.4, 0.5) is 10.1 Å². The van der Waals surface area contributed by atoms with Gasteiger partial charge in [0.05, 0.1) is 4.92 Å². The lowest BCUT2D eigenvalue weighted by molar-refractivity contribution is -0.388. The molecule has 1 aromatic carbocycles. The van der Waals surface area contributed by atoms with Crippen LogP contribution in [0.1, 0.15) is 26.2 Å². The van der Waals surface area contributed by atoms with E-state index in [-0.39, 0.29) is 12.6 Å². The molecule has 2 rings (SSSR count). The van der Waals surface area contributed by atoms with Crippen molar-refractivity contribution in [2.75, 3.05) is 19.6 Å². The summed E-state index contributed by atoms with van der Waals surface area (Å²) in [6.45, 7) is 3.36. The second-order valence-corrected chi connectivity index (χ2v) is 7.27. The number of hydrogen-bond acceptors (Lipinski definition) is 5. The summed E-state index contributed by atoms with van der Waals surface area (Å²) in [6, 6.07) is 2.82. The number of piperidine rings is 1. The number of nitrogens with one attached hydrogen (secondary N) is 1. The van der Waals surface area contributed by atoms with Crippen molar-refractivity contribution in [2.24, 2.45) is 0 Å². The van der Waals surface area contributed by atoms with Crippen LogP contribution in [0.25, 0.3) is 0 Å². The van der Waals surface area contributed by atoms with Crippen molar-refractivity contribution in [2.45, 2.75) is 37.1 Å². The van der Waals surface area contributed by atoms with Crippen molar-refractivity contribution in [1.29, 1.82) is 0 Å². The fourth-order valence-corrected chi connectivity index (χ4v) is 4.81. The van der Waals surface area contributed by atoms with Gasteiger partial charge in [-0.05, 0) is 38.4 Å². The Hall–Kier alpha value is -1.58. The lowest BCUT2D eigenvalue weighted by Gasteiger charge is -2.33. The Kier molecular flexibility index (Phi) is 5.66. The number of nitro groups is 1. The van der Waals surface area contributed by atoms with Crippen LogP contribution in [0.2, 0.25) is 0 Å². The van der Waals surface area contributed by atoms with Gasteiger partial charge in [0.1, 0.15) is 5.82 Å². The highest BCUT2D eigenvalue weighted by Gasteiger charge is 2.38. The van der Waals surface area contributed by atoms with Gasteiger partial charge in [0.15, 0.2) is 4.90 Å². The molecule has 1 fully saturated rings. The van der Waals surface area contributed by atoms with Crippen molar-refractivity contribution >= 4 is 15.7 Å². The topological polar surface area (TPSA) is 92.6 Å². The van der Waals surface area contributed by atoms with E-state index < -0.39 is 31.3 Å². The first-order chi connectivity index (χ1) is 10.9. The number of rotatable bonds is 6. The molecule has 1 heterocycles. The first-order valence-electron chi connectivity index (χ1n) is 7.55. The summed E-state index contributed by atoms with van der Waals surface area (Å²) in [6.07, 6.45) is 1.74. The van der Waals surface area contributed by atoms with E-state index in [0.29, 0.717) is 32.4 Å². The quantitative estimate of drug-likeness (QED) is 0.628. The number of benzene rings is 1. The van der Waals surface area contributed by atoms with Gasteiger partial charge in [-0.3, -0.25) is 10.1 Å². The molecule has 1 saturated heterocycles. The van der Waals surface area contributed by atoms with Crippen LogP contribution in [-0.2, 0) is 10.0 Å². The average molecular weight is 345 g/mol. The third-order valence-electron chi connectivity index (χ3n) is 3.87. The zero-order valence-corrected chi connectivity index (χ0v) is 13.7. The van der Waals surface area contributed by atoms with Gasteiger partial charge >= 0.3 is 0 Å². The van der Waals surface area contributed by atoms with Crippen LogP contribution < -0.4 is 5.32 Å². The van der Waals surface area contributed by atoms with Gasteiger partial charge in [-0.2, -0.15) is 4.31 Å². The van der Waals surface area contributed by atoms with E-state index in [4.69, 9.17) is 0 Å². The maximum absolute atomic E-state index is 14.2. The third kappa shape index (κ3) is 3.67. The van der Waals surface area contributed by atoms with Gasteiger partial charge in [-0.1, -0.05) is 13.0 Å². The van der Waals surface area contributed by atoms with Crippen molar-refractivity contribution in [3.63, 3.8) is 0 Å². The molecule has 7 nitrogen and oxygen atoms in total. The monoisotopic (exact) mass is 345 g/mol. The summed E-state index contributed by atoms with van der Waals surface area (Å²) in [4.78, 5) is 9.43. The lowest BCUT2D eigenvalue weighted by atomic mass is 10.1. The Morgan fingerprint density at radius 2 is 2.04 bits per heavy atom. The Morgan fingerprint density at radius 3 is 2.61 bits per heavy atom. The fraction of sp³-hybridized carbons (Fsp3) is 0.571. The summed E-state index contributed by atoms with van der Waals surface area (Å²) >= 11 is 0. The minimum absolute atomic E-state index is 0.207. The van der Waals surface area contributed by atoms with Gasteiger partial charge in [-0.15, -0.1) is 0 Å². The normalized spacial score (nSPS) is 16.7. The first-order valence-corrected chi connectivity index (χ1v) is 8.99. The number of nitrogens with zero attached hydrogens (tertiary/aromatic N) is 2. The number of sulfonamides is 1. The Labute approximate surface area is 134 Å². The van der Waals surface area contributed by atoms with Gasteiger partial charge < -0.3 is 5.32 Å².